The van der Waals surface area contributed by atoms with Gasteiger partial charge in [-0.15, -0.1) is 0 Å². The lowest BCUT2D eigenvalue weighted by Gasteiger charge is -2.35. The van der Waals surface area contributed by atoms with Gasteiger partial charge in [0.25, 0.3) is 5.91 Å². The lowest BCUT2D eigenvalue weighted by molar-refractivity contribution is -0.126. The van der Waals surface area contributed by atoms with Crippen molar-refractivity contribution < 1.29 is 19.4 Å². The van der Waals surface area contributed by atoms with Crippen LogP contribution in [-0.4, -0.2) is 83.5 Å². The molecule has 3 aliphatic heterocycles. The van der Waals surface area contributed by atoms with E-state index in [9.17, 15) is 14.7 Å². The third-order valence-electron chi connectivity index (χ3n) is 11.8. The first-order chi connectivity index (χ1) is 25.9. The highest BCUT2D eigenvalue weighted by atomic mass is 16.5. The Hall–Kier alpha value is -4.92. The number of piperidine rings is 1. The second-order valence-electron chi connectivity index (χ2n) is 15.2. The van der Waals surface area contributed by atoms with Gasteiger partial charge in [-0.2, -0.15) is 0 Å². The van der Waals surface area contributed by atoms with Crippen LogP contribution in [0.25, 0.3) is 0 Å². The summed E-state index contributed by atoms with van der Waals surface area (Å²) in [6, 6.07) is 31.2. The maximum absolute atomic E-state index is 13.1. The van der Waals surface area contributed by atoms with E-state index in [1.165, 1.54) is 27.8 Å². The second kappa shape index (κ2) is 15.6. The largest absolute Gasteiger partial charge is 0.508 e. The van der Waals surface area contributed by atoms with Crippen LogP contribution >= 0.6 is 0 Å². The third-order valence-corrected chi connectivity index (χ3v) is 11.8. The molecule has 0 aromatic heterocycles. The zero-order valence-corrected chi connectivity index (χ0v) is 30.5. The molecule has 2 N–H and O–H groups in total. The molecule has 8 rings (SSSR count). The summed E-state index contributed by atoms with van der Waals surface area (Å²) >= 11 is 0. The molecule has 3 heterocycles. The van der Waals surface area contributed by atoms with Crippen LogP contribution in [0.15, 0.2) is 103 Å². The normalized spacial score (nSPS) is 22.2. The van der Waals surface area contributed by atoms with Gasteiger partial charge in [0.2, 0.25) is 5.91 Å². The molecule has 8 heteroatoms. The number of ether oxygens (including phenoxy) is 1. The maximum atomic E-state index is 13.1. The molecule has 0 unspecified atom stereocenters. The van der Waals surface area contributed by atoms with E-state index in [0.717, 1.165) is 87.5 Å². The second-order valence-corrected chi connectivity index (χ2v) is 15.2. The number of aromatic hydroxyl groups is 1. The van der Waals surface area contributed by atoms with E-state index in [1.807, 2.05) is 18.2 Å². The number of hydrogen-bond acceptors (Lipinski definition) is 6. The summed E-state index contributed by atoms with van der Waals surface area (Å²) in [5, 5.41) is 13.0. The quantitative estimate of drug-likeness (QED) is 0.192. The number of allylic oxidation sites excluding steroid dienone is 1. The first-order valence-corrected chi connectivity index (χ1v) is 19.4. The standard InChI is InChI=1S/C45H50N4O4/c1-31-8-19-42(44(51)46-31)49-30-36-28-32(9-16-41(36)45(49)52)20-23-47-21-5-22-48(25-24-47)26-27-53-38-14-10-34(11-15-38)43-39(33-6-3-2-4-7-33)17-12-35-29-37(50)13-18-40(35)43/h2-4,6-7,9-11,13-16,18,28-29,39,42-43,50H,1,5,8,12,17,19-27,30H2,(H,46,51)/t39-,42+,43+/m1/s1. The van der Waals surface area contributed by atoms with Crippen LogP contribution in [0.5, 0.6) is 11.5 Å². The molecular formula is C45H50N4O4. The molecule has 4 aromatic carbocycles. The molecule has 1 aliphatic carbocycles. The van der Waals surface area contributed by atoms with Crippen molar-refractivity contribution in [2.45, 2.75) is 62.9 Å². The van der Waals surface area contributed by atoms with Crippen LogP contribution in [0.1, 0.15) is 81.3 Å². The van der Waals surface area contributed by atoms with Crippen molar-refractivity contribution in [1.29, 1.82) is 0 Å². The predicted octanol–water partition coefficient (Wildman–Crippen LogP) is 6.63. The number of hydrogen-bond donors (Lipinski definition) is 2. The fourth-order valence-electron chi connectivity index (χ4n) is 8.96. The van der Waals surface area contributed by atoms with Crippen LogP contribution in [0.3, 0.4) is 0 Å². The number of rotatable bonds is 10. The molecule has 0 radical (unpaired) electrons. The van der Waals surface area contributed by atoms with E-state index >= 15 is 0 Å². The lowest BCUT2D eigenvalue weighted by atomic mass is 9.69. The van der Waals surface area contributed by atoms with Gasteiger partial charge in [-0.25, -0.2) is 0 Å². The van der Waals surface area contributed by atoms with Crippen molar-refractivity contribution in [2.75, 3.05) is 45.9 Å². The lowest BCUT2D eigenvalue weighted by Crippen LogP contribution is -2.49. The van der Waals surface area contributed by atoms with Crippen molar-refractivity contribution in [2.24, 2.45) is 0 Å². The molecule has 2 saturated heterocycles. The summed E-state index contributed by atoms with van der Waals surface area (Å²) in [5.74, 6) is 1.68. The predicted molar refractivity (Wildman–Crippen MR) is 207 cm³/mol. The number of aryl methyl sites for hydroxylation is 1. The van der Waals surface area contributed by atoms with Gasteiger partial charge in [0.15, 0.2) is 0 Å². The molecule has 8 nitrogen and oxygen atoms in total. The van der Waals surface area contributed by atoms with E-state index in [4.69, 9.17) is 4.74 Å². The Morgan fingerprint density at radius 1 is 0.792 bits per heavy atom. The number of nitrogens with zero attached hydrogens (tertiary/aromatic N) is 3. The number of benzene rings is 4. The van der Waals surface area contributed by atoms with Gasteiger partial charge in [0.05, 0.1) is 0 Å². The van der Waals surface area contributed by atoms with Gasteiger partial charge in [-0.05, 0) is 121 Å². The smallest absolute Gasteiger partial charge is 0.255 e. The average molecular weight is 711 g/mol. The van der Waals surface area contributed by atoms with E-state index in [2.05, 4.69) is 94.5 Å². The number of carbonyl (C=O) groups is 2. The zero-order valence-electron chi connectivity index (χ0n) is 30.5. The first-order valence-electron chi connectivity index (χ1n) is 19.4. The van der Waals surface area contributed by atoms with Gasteiger partial charge in [-0.1, -0.05) is 67.2 Å². The first kappa shape index (κ1) is 35.1. The highest BCUT2D eigenvalue weighted by molar-refractivity contribution is 6.01. The summed E-state index contributed by atoms with van der Waals surface area (Å²) in [7, 11) is 0. The molecular weight excluding hydrogens is 661 g/mol. The number of fused-ring (bicyclic) bond motifs is 2. The molecule has 3 atom stereocenters. The number of phenolic OH excluding ortho intramolecular Hbond substituents is 1. The number of carbonyl (C=O) groups excluding carboxylic acids is 2. The van der Waals surface area contributed by atoms with Crippen molar-refractivity contribution >= 4 is 11.8 Å². The van der Waals surface area contributed by atoms with Gasteiger partial charge in [0.1, 0.15) is 24.1 Å². The Morgan fingerprint density at radius 2 is 1.58 bits per heavy atom. The molecule has 4 aliphatic rings. The Morgan fingerprint density at radius 3 is 2.38 bits per heavy atom. The Balaban J connectivity index is 0.814. The van der Waals surface area contributed by atoms with Crippen LogP contribution < -0.4 is 10.1 Å². The molecule has 53 heavy (non-hydrogen) atoms. The molecule has 0 bridgehead atoms. The van der Waals surface area contributed by atoms with Crippen LogP contribution in [-0.2, 0) is 24.2 Å². The van der Waals surface area contributed by atoms with Gasteiger partial charge in [0, 0.05) is 49.9 Å². The van der Waals surface area contributed by atoms with E-state index in [1.54, 1.807) is 4.90 Å². The molecule has 2 fully saturated rings. The Kier molecular flexibility index (Phi) is 10.3. The summed E-state index contributed by atoms with van der Waals surface area (Å²) in [4.78, 5) is 32.5. The van der Waals surface area contributed by atoms with Crippen LogP contribution in [0, 0.1) is 0 Å². The summed E-state index contributed by atoms with van der Waals surface area (Å²) < 4.78 is 6.28. The van der Waals surface area contributed by atoms with Crippen molar-refractivity contribution in [3.63, 3.8) is 0 Å². The number of amides is 2. The fraction of sp³-hybridized carbons (Fsp3) is 0.378. The molecule has 0 spiro atoms. The van der Waals surface area contributed by atoms with Crippen molar-refractivity contribution in [1.82, 2.24) is 20.0 Å². The zero-order chi connectivity index (χ0) is 36.3. The molecule has 274 valence electrons. The highest BCUT2D eigenvalue weighted by Gasteiger charge is 2.38. The maximum Gasteiger partial charge on any atom is 0.255 e. The highest BCUT2D eigenvalue weighted by Crippen LogP contribution is 2.47. The average Bonchev–Trinajstić information content (AvgIpc) is 3.32. The third kappa shape index (κ3) is 7.75. The van der Waals surface area contributed by atoms with Crippen molar-refractivity contribution in [3.05, 3.63) is 142 Å². The van der Waals surface area contributed by atoms with E-state index in [-0.39, 0.29) is 17.7 Å². The van der Waals surface area contributed by atoms with E-state index in [0.29, 0.717) is 37.7 Å². The van der Waals surface area contributed by atoms with Crippen LogP contribution in [0.2, 0.25) is 0 Å². The van der Waals surface area contributed by atoms with Gasteiger partial charge >= 0.3 is 0 Å². The minimum atomic E-state index is -0.425. The van der Waals surface area contributed by atoms with Crippen LogP contribution in [0.4, 0.5) is 0 Å². The van der Waals surface area contributed by atoms with Gasteiger partial charge in [-0.3, -0.25) is 14.5 Å². The Labute approximate surface area is 313 Å². The Bertz CT molecular complexity index is 1960. The van der Waals surface area contributed by atoms with Crippen molar-refractivity contribution in [3.8, 4) is 11.5 Å². The summed E-state index contributed by atoms with van der Waals surface area (Å²) in [6.07, 6.45) is 5.41. The van der Waals surface area contributed by atoms with Gasteiger partial charge < -0.3 is 25.0 Å². The topological polar surface area (TPSA) is 85.4 Å². The molecule has 0 saturated carbocycles. The number of nitrogens with one attached hydrogen (secondary N) is 1. The monoisotopic (exact) mass is 710 g/mol. The van der Waals surface area contributed by atoms with E-state index < -0.39 is 6.04 Å². The molecule has 4 aromatic rings. The molecule has 2 amide bonds. The fourth-order valence-corrected chi connectivity index (χ4v) is 8.96. The SMILES string of the molecule is C=C1CC[C@H](N2Cc3cc(CCN4CCCN(CCOc5ccc([C@@H]6c7ccc(O)cc7CC[C@@H]6c6ccccc6)cc5)CC4)ccc3C2=O)C(=O)N1. The summed E-state index contributed by atoms with van der Waals surface area (Å²) in [6.45, 7) is 11.1. The minimum Gasteiger partial charge on any atom is -0.508 e. The summed E-state index contributed by atoms with van der Waals surface area (Å²) in [5.41, 5.74) is 8.91. The minimum absolute atomic E-state index is 0.0436. The number of phenols is 1.